The van der Waals surface area contributed by atoms with E-state index >= 15 is 0 Å². The smallest absolute Gasteiger partial charge is 0.234 e. The zero-order chi connectivity index (χ0) is 14.3. The third-order valence-electron chi connectivity index (χ3n) is 2.58. The normalized spacial score (nSPS) is 12.2. The van der Waals surface area contributed by atoms with Crippen molar-refractivity contribution in [2.24, 2.45) is 0 Å². The van der Waals surface area contributed by atoms with Gasteiger partial charge >= 0.3 is 0 Å². The molecule has 1 atom stereocenters. The van der Waals surface area contributed by atoms with Crippen molar-refractivity contribution >= 4 is 5.91 Å². The molecule has 0 fully saturated rings. The first kappa shape index (κ1) is 15.5. The zero-order valence-electron chi connectivity index (χ0n) is 11.0. The molecule has 6 heteroatoms. The molecule has 1 aromatic rings. The molecule has 0 aromatic heterocycles. The van der Waals surface area contributed by atoms with Gasteiger partial charge in [0.25, 0.3) is 0 Å². The van der Waals surface area contributed by atoms with Gasteiger partial charge in [0, 0.05) is 25.3 Å². The van der Waals surface area contributed by atoms with Crippen LogP contribution >= 0.6 is 0 Å². The SMILES string of the molecule is COCCNCC(=O)NC(C)c1ccc(F)cc1F. The quantitative estimate of drug-likeness (QED) is 0.737. The fourth-order valence-electron chi connectivity index (χ4n) is 1.60. The molecule has 0 bridgehead atoms. The summed E-state index contributed by atoms with van der Waals surface area (Å²) in [4.78, 5) is 11.6. The standard InChI is InChI=1S/C13H18F2N2O2/c1-9(11-4-3-10(14)7-12(11)15)17-13(18)8-16-5-6-19-2/h3-4,7,9,16H,5-6,8H2,1-2H3,(H,17,18). The highest BCUT2D eigenvalue weighted by Crippen LogP contribution is 2.17. The number of nitrogens with one attached hydrogen (secondary N) is 2. The number of halogens is 2. The van der Waals surface area contributed by atoms with Crippen LogP contribution in [0.1, 0.15) is 18.5 Å². The lowest BCUT2D eigenvalue weighted by atomic mass is 10.1. The Morgan fingerprint density at radius 3 is 2.79 bits per heavy atom. The van der Waals surface area contributed by atoms with Crippen LogP contribution in [-0.4, -0.2) is 32.7 Å². The summed E-state index contributed by atoms with van der Waals surface area (Å²) in [6.45, 7) is 2.83. The van der Waals surface area contributed by atoms with E-state index in [1.807, 2.05) is 0 Å². The Kier molecular flexibility index (Phi) is 6.38. The van der Waals surface area contributed by atoms with Gasteiger partial charge in [-0.3, -0.25) is 4.79 Å². The average Bonchev–Trinajstić information content (AvgIpc) is 2.34. The van der Waals surface area contributed by atoms with Crippen LogP contribution < -0.4 is 10.6 Å². The largest absolute Gasteiger partial charge is 0.383 e. The lowest BCUT2D eigenvalue weighted by Gasteiger charge is -2.15. The molecule has 0 aliphatic heterocycles. The van der Waals surface area contributed by atoms with Crippen LogP contribution in [-0.2, 0) is 9.53 Å². The molecule has 19 heavy (non-hydrogen) atoms. The number of carbonyl (C=O) groups is 1. The summed E-state index contributed by atoms with van der Waals surface area (Å²) in [6.07, 6.45) is 0. The van der Waals surface area contributed by atoms with Crippen molar-refractivity contribution in [2.45, 2.75) is 13.0 Å². The van der Waals surface area contributed by atoms with Gasteiger partial charge < -0.3 is 15.4 Å². The second-order valence-corrected chi connectivity index (χ2v) is 4.12. The van der Waals surface area contributed by atoms with E-state index in [1.54, 1.807) is 14.0 Å². The molecule has 0 saturated heterocycles. The Balaban J connectivity index is 2.45. The Bertz CT molecular complexity index is 427. The molecule has 4 nitrogen and oxygen atoms in total. The topological polar surface area (TPSA) is 50.4 Å². The molecule has 1 rings (SSSR count). The Morgan fingerprint density at radius 2 is 2.16 bits per heavy atom. The molecule has 2 N–H and O–H groups in total. The molecule has 0 aliphatic carbocycles. The molecule has 1 amide bonds. The maximum absolute atomic E-state index is 13.5. The molecule has 1 unspecified atom stereocenters. The average molecular weight is 272 g/mol. The number of hydrogen-bond donors (Lipinski definition) is 2. The number of benzene rings is 1. The highest BCUT2D eigenvalue weighted by molar-refractivity contribution is 5.78. The van der Waals surface area contributed by atoms with E-state index in [0.717, 1.165) is 12.1 Å². The predicted octanol–water partition coefficient (Wildman–Crippen LogP) is 1.38. The second kappa shape index (κ2) is 7.81. The minimum Gasteiger partial charge on any atom is -0.383 e. The van der Waals surface area contributed by atoms with E-state index in [-0.39, 0.29) is 18.0 Å². The second-order valence-electron chi connectivity index (χ2n) is 4.12. The highest BCUT2D eigenvalue weighted by Gasteiger charge is 2.13. The predicted molar refractivity (Wildman–Crippen MR) is 67.7 cm³/mol. The van der Waals surface area contributed by atoms with Gasteiger partial charge in [0.15, 0.2) is 0 Å². The molecule has 0 heterocycles. The maximum Gasteiger partial charge on any atom is 0.234 e. The van der Waals surface area contributed by atoms with Gasteiger partial charge in [-0.25, -0.2) is 8.78 Å². The van der Waals surface area contributed by atoms with Crippen LogP contribution in [0.4, 0.5) is 8.78 Å². The minimum atomic E-state index is -0.667. The van der Waals surface area contributed by atoms with E-state index < -0.39 is 17.7 Å². The van der Waals surface area contributed by atoms with E-state index in [0.29, 0.717) is 13.2 Å². The van der Waals surface area contributed by atoms with Crippen LogP contribution in [0.5, 0.6) is 0 Å². The molecule has 0 saturated carbocycles. The Morgan fingerprint density at radius 1 is 1.42 bits per heavy atom. The minimum absolute atomic E-state index is 0.122. The lowest BCUT2D eigenvalue weighted by molar-refractivity contribution is -0.120. The van der Waals surface area contributed by atoms with Gasteiger partial charge in [0.05, 0.1) is 19.2 Å². The summed E-state index contributed by atoms with van der Waals surface area (Å²) in [5.74, 6) is -1.56. The third-order valence-corrected chi connectivity index (χ3v) is 2.58. The maximum atomic E-state index is 13.5. The van der Waals surface area contributed by atoms with Crippen LogP contribution in [0.25, 0.3) is 0 Å². The molecule has 0 spiro atoms. The number of carbonyl (C=O) groups excluding carboxylic acids is 1. The van der Waals surface area contributed by atoms with E-state index in [2.05, 4.69) is 10.6 Å². The number of rotatable bonds is 7. The summed E-state index contributed by atoms with van der Waals surface area (Å²) in [5.41, 5.74) is 0.256. The van der Waals surface area contributed by atoms with Crippen molar-refractivity contribution in [1.29, 1.82) is 0 Å². The van der Waals surface area contributed by atoms with E-state index in [1.165, 1.54) is 6.07 Å². The summed E-state index contributed by atoms with van der Waals surface area (Å²) in [6, 6.07) is 2.78. The van der Waals surface area contributed by atoms with Gasteiger partial charge in [-0.1, -0.05) is 6.07 Å². The number of ether oxygens (including phenoxy) is 1. The molecule has 0 aliphatic rings. The monoisotopic (exact) mass is 272 g/mol. The Labute approximate surface area is 111 Å². The zero-order valence-corrected chi connectivity index (χ0v) is 11.0. The van der Waals surface area contributed by atoms with E-state index in [4.69, 9.17) is 4.74 Å². The lowest BCUT2D eigenvalue weighted by Crippen LogP contribution is -2.36. The van der Waals surface area contributed by atoms with Crippen LogP contribution in [0, 0.1) is 11.6 Å². The van der Waals surface area contributed by atoms with Crippen molar-refractivity contribution in [1.82, 2.24) is 10.6 Å². The molecule has 1 aromatic carbocycles. The third kappa shape index (κ3) is 5.32. The first-order chi connectivity index (χ1) is 9.04. The summed E-state index contributed by atoms with van der Waals surface area (Å²) < 4.78 is 31.1. The number of hydrogen-bond acceptors (Lipinski definition) is 3. The number of methoxy groups -OCH3 is 1. The van der Waals surface area contributed by atoms with Crippen molar-refractivity contribution in [3.05, 3.63) is 35.4 Å². The summed E-state index contributed by atoms with van der Waals surface area (Å²) >= 11 is 0. The first-order valence-corrected chi connectivity index (χ1v) is 5.98. The summed E-state index contributed by atoms with van der Waals surface area (Å²) in [5, 5.41) is 5.50. The van der Waals surface area contributed by atoms with Crippen molar-refractivity contribution in [2.75, 3.05) is 26.8 Å². The molecule has 0 radical (unpaired) electrons. The summed E-state index contributed by atoms with van der Waals surface area (Å²) in [7, 11) is 1.57. The van der Waals surface area contributed by atoms with Gasteiger partial charge in [-0.2, -0.15) is 0 Å². The Hall–Kier alpha value is -1.53. The van der Waals surface area contributed by atoms with E-state index in [9.17, 15) is 13.6 Å². The van der Waals surface area contributed by atoms with Crippen molar-refractivity contribution in [3.63, 3.8) is 0 Å². The van der Waals surface area contributed by atoms with Crippen molar-refractivity contribution < 1.29 is 18.3 Å². The highest BCUT2D eigenvalue weighted by atomic mass is 19.1. The fourth-order valence-corrected chi connectivity index (χ4v) is 1.60. The fraction of sp³-hybridized carbons (Fsp3) is 0.462. The van der Waals surface area contributed by atoms with Crippen LogP contribution in [0.15, 0.2) is 18.2 Å². The molecular formula is C13H18F2N2O2. The van der Waals surface area contributed by atoms with Gasteiger partial charge in [0.1, 0.15) is 11.6 Å². The molecular weight excluding hydrogens is 254 g/mol. The molecule has 106 valence electrons. The van der Waals surface area contributed by atoms with Crippen LogP contribution in [0.3, 0.4) is 0 Å². The van der Waals surface area contributed by atoms with Gasteiger partial charge in [0.2, 0.25) is 5.91 Å². The van der Waals surface area contributed by atoms with Gasteiger partial charge in [-0.05, 0) is 13.0 Å². The van der Waals surface area contributed by atoms with Gasteiger partial charge in [-0.15, -0.1) is 0 Å². The van der Waals surface area contributed by atoms with Crippen molar-refractivity contribution in [3.8, 4) is 0 Å². The number of amides is 1. The first-order valence-electron chi connectivity index (χ1n) is 5.98. The van der Waals surface area contributed by atoms with Crippen LogP contribution in [0.2, 0.25) is 0 Å².